The second-order valence-corrected chi connectivity index (χ2v) is 5.17. The SMILES string of the molecule is CCOc1cc(NCC2(C(=O)O)CCCCC2)ncn1. The van der Waals surface area contributed by atoms with Crippen molar-refractivity contribution in [1.82, 2.24) is 9.97 Å². The van der Waals surface area contributed by atoms with E-state index in [-0.39, 0.29) is 0 Å². The van der Waals surface area contributed by atoms with Crippen LogP contribution in [0.1, 0.15) is 39.0 Å². The van der Waals surface area contributed by atoms with E-state index >= 15 is 0 Å². The van der Waals surface area contributed by atoms with Crippen LogP contribution in [0.15, 0.2) is 12.4 Å². The molecular weight excluding hydrogens is 258 g/mol. The molecule has 0 bridgehead atoms. The lowest BCUT2D eigenvalue weighted by molar-refractivity contribution is -0.150. The molecule has 110 valence electrons. The molecule has 1 aliphatic carbocycles. The van der Waals surface area contributed by atoms with Crippen molar-refractivity contribution in [2.45, 2.75) is 39.0 Å². The van der Waals surface area contributed by atoms with Crippen LogP contribution in [0.5, 0.6) is 5.88 Å². The van der Waals surface area contributed by atoms with Gasteiger partial charge in [-0.15, -0.1) is 0 Å². The Morgan fingerprint density at radius 1 is 1.40 bits per heavy atom. The molecule has 1 aromatic rings. The molecule has 1 heterocycles. The molecule has 2 rings (SSSR count). The Bertz CT molecular complexity index is 459. The topological polar surface area (TPSA) is 84.3 Å². The van der Waals surface area contributed by atoms with Gasteiger partial charge in [0.2, 0.25) is 5.88 Å². The summed E-state index contributed by atoms with van der Waals surface area (Å²) in [5.74, 6) is 0.386. The molecule has 0 atom stereocenters. The van der Waals surface area contributed by atoms with Crippen LogP contribution in [0, 0.1) is 5.41 Å². The molecule has 0 amide bonds. The molecule has 2 N–H and O–H groups in total. The number of carboxylic acid groups (broad SMARTS) is 1. The smallest absolute Gasteiger partial charge is 0.311 e. The van der Waals surface area contributed by atoms with Crippen LogP contribution in [0.25, 0.3) is 0 Å². The summed E-state index contributed by atoms with van der Waals surface area (Å²) < 4.78 is 5.30. The van der Waals surface area contributed by atoms with Crippen molar-refractivity contribution in [3.63, 3.8) is 0 Å². The van der Waals surface area contributed by atoms with Gasteiger partial charge in [0, 0.05) is 12.6 Å². The van der Waals surface area contributed by atoms with Crippen LogP contribution in [-0.2, 0) is 4.79 Å². The average Bonchev–Trinajstić information content (AvgIpc) is 2.47. The van der Waals surface area contributed by atoms with Crippen molar-refractivity contribution in [1.29, 1.82) is 0 Å². The molecule has 1 fully saturated rings. The molecule has 0 radical (unpaired) electrons. The predicted octanol–water partition coefficient (Wildman–Crippen LogP) is 2.32. The average molecular weight is 279 g/mol. The fraction of sp³-hybridized carbons (Fsp3) is 0.643. The lowest BCUT2D eigenvalue weighted by atomic mass is 9.74. The van der Waals surface area contributed by atoms with Crippen LogP contribution >= 0.6 is 0 Å². The quantitative estimate of drug-likeness (QED) is 0.831. The number of anilines is 1. The Balaban J connectivity index is 2.02. The van der Waals surface area contributed by atoms with Gasteiger partial charge in [-0.05, 0) is 19.8 Å². The third kappa shape index (κ3) is 3.37. The fourth-order valence-electron chi connectivity index (χ4n) is 2.62. The van der Waals surface area contributed by atoms with Gasteiger partial charge in [0.25, 0.3) is 0 Å². The number of aliphatic carboxylic acids is 1. The van der Waals surface area contributed by atoms with Crippen molar-refractivity contribution in [2.75, 3.05) is 18.5 Å². The van der Waals surface area contributed by atoms with E-state index in [9.17, 15) is 9.90 Å². The zero-order chi connectivity index (χ0) is 14.4. The minimum Gasteiger partial charge on any atom is -0.481 e. The number of nitrogens with one attached hydrogen (secondary N) is 1. The highest BCUT2D eigenvalue weighted by Gasteiger charge is 2.39. The monoisotopic (exact) mass is 279 g/mol. The predicted molar refractivity (Wildman–Crippen MR) is 74.8 cm³/mol. The van der Waals surface area contributed by atoms with Crippen molar-refractivity contribution >= 4 is 11.8 Å². The van der Waals surface area contributed by atoms with E-state index in [2.05, 4.69) is 15.3 Å². The maximum absolute atomic E-state index is 11.6. The van der Waals surface area contributed by atoms with E-state index in [1.807, 2.05) is 6.92 Å². The summed E-state index contributed by atoms with van der Waals surface area (Å²) in [4.78, 5) is 19.7. The Morgan fingerprint density at radius 3 is 2.80 bits per heavy atom. The number of carboxylic acids is 1. The first-order valence-electron chi connectivity index (χ1n) is 7.08. The Kier molecular flexibility index (Phi) is 4.76. The van der Waals surface area contributed by atoms with Gasteiger partial charge in [0.15, 0.2) is 0 Å². The summed E-state index contributed by atoms with van der Waals surface area (Å²) in [6, 6.07) is 1.70. The standard InChI is InChI=1S/C14H21N3O3/c1-2-20-12-8-11(16-10-17-12)15-9-14(13(18)19)6-4-3-5-7-14/h8,10H,2-7,9H2,1H3,(H,18,19)(H,15,16,17). The van der Waals surface area contributed by atoms with Crippen molar-refractivity contribution in [2.24, 2.45) is 5.41 Å². The Hall–Kier alpha value is -1.85. The zero-order valence-corrected chi connectivity index (χ0v) is 11.8. The van der Waals surface area contributed by atoms with Crippen LogP contribution in [0.4, 0.5) is 5.82 Å². The first-order chi connectivity index (χ1) is 9.66. The molecule has 6 heteroatoms. The van der Waals surface area contributed by atoms with Crippen molar-refractivity contribution in [3.05, 3.63) is 12.4 Å². The minimum atomic E-state index is -0.719. The molecule has 0 spiro atoms. The van der Waals surface area contributed by atoms with Gasteiger partial charge in [-0.3, -0.25) is 4.79 Å². The normalized spacial score (nSPS) is 17.4. The molecule has 0 unspecified atom stereocenters. The highest BCUT2D eigenvalue weighted by atomic mass is 16.5. The number of hydrogen-bond acceptors (Lipinski definition) is 5. The molecule has 1 aromatic heterocycles. The van der Waals surface area contributed by atoms with Gasteiger partial charge < -0.3 is 15.2 Å². The fourth-order valence-corrected chi connectivity index (χ4v) is 2.62. The van der Waals surface area contributed by atoms with Gasteiger partial charge in [-0.25, -0.2) is 9.97 Å². The third-order valence-corrected chi connectivity index (χ3v) is 3.81. The van der Waals surface area contributed by atoms with Crippen molar-refractivity contribution in [3.8, 4) is 5.88 Å². The largest absolute Gasteiger partial charge is 0.481 e. The van der Waals surface area contributed by atoms with Gasteiger partial charge >= 0.3 is 5.97 Å². The summed E-state index contributed by atoms with van der Waals surface area (Å²) in [6.07, 6.45) is 5.93. The second-order valence-electron chi connectivity index (χ2n) is 5.17. The van der Waals surface area contributed by atoms with E-state index in [1.165, 1.54) is 6.33 Å². The molecule has 20 heavy (non-hydrogen) atoms. The minimum absolute atomic E-state index is 0.394. The lowest BCUT2D eigenvalue weighted by Gasteiger charge is -2.33. The Morgan fingerprint density at radius 2 is 2.15 bits per heavy atom. The molecule has 0 aliphatic heterocycles. The number of rotatable bonds is 6. The molecule has 1 saturated carbocycles. The maximum atomic E-state index is 11.6. The summed E-state index contributed by atoms with van der Waals surface area (Å²) in [6.45, 7) is 2.82. The molecule has 1 aliphatic rings. The molecular formula is C14H21N3O3. The van der Waals surface area contributed by atoms with E-state index in [4.69, 9.17) is 4.74 Å². The first kappa shape index (κ1) is 14.6. The lowest BCUT2D eigenvalue weighted by Crippen LogP contribution is -2.39. The van der Waals surface area contributed by atoms with E-state index in [0.717, 1.165) is 32.1 Å². The van der Waals surface area contributed by atoms with Gasteiger partial charge in [-0.2, -0.15) is 0 Å². The second kappa shape index (κ2) is 6.54. The summed E-state index contributed by atoms with van der Waals surface area (Å²) in [5.41, 5.74) is -0.672. The van der Waals surface area contributed by atoms with Crippen LogP contribution < -0.4 is 10.1 Å². The van der Waals surface area contributed by atoms with Crippen molar-refractivity contribution < 1.29 is 14.6 Å². The van der Waals surface area contributed by atoms with Crippen LogP contribution in [0.3, 0.4) is 0 Å². The molecule has 6 nitrogen and oxygen atoms in total. The molecule has 0 saturated heterocycles. The van der Waals surface area contributed by atoms with Gasteiger partial charge in [-0.1, -0.05) is 19.3 Å². The number of nitrogens with zero attached hydrogens (tertiary/aromatic N) is 2. The number of carbonyl (C=O) groups is 1. The van der Waals surface area contributed by atoms with E-state index < -0.39 is 11.4 Å². The first-order valence-corrected chi connectivity index (χ1v) is 7.08. The molecule has 0 aromatic carbocycles. The maximum Gasteiger partial charge on any atom is 0.311 e. The number of aromatic nitrogens is 2. The summed E-state index contributed by atoms with van der Waals surface area (Å²) in [5, 5.41) is 12.6. The van der Waals surface area contributed by atoms with Crippen LogP contribution in [-0.4, -0.2) is 34.2 Å². The zero-order valence-electron chi connectivity index (χ0n) is 11.8. The number of ether oxygens (including phenoxy) is 1. The number of hydrogen-bond donors (Lipinski definition) is 2. The van der Waals surface area contributed by atoms with E-state index in [0.29, 0.717) is 24.8 Å². The summed E-state index contributed by atoms with van der Waals surface area (Å²) >= 11 is 0. The highest BCUT2D eigenvalue weighted by molar-refractivity contribution is 5.75. The highest BCUT2D eigenvalue weighted by Crippen LogP contribution is 2.36. The van der Waals surface area contributed by atoms with Gasteiger partial charge in [0.1, 0.15) is 12.1 Å². The third-order valence-electron chi connectivity index (χ3n) is 3.81. The van der Waals surface area contributed by atoms with Gasteiger partial charge in [0.05, 0.1) is 12.0 Å². The summed E-state index contributed by atoms with van der Waals surface area (Å²) in [7, 11) is 0. The van der Waals surface area contributed by atoms with E-state index in [1.54, 1.807) is 6.07 Å². The Labute approximate surface area is 118 Å². The van der Waals surface area contributed by atoms with Crippen LogP contribution in [0.2, 0.25) is 0 Å².